The zero-order valence-electron chi connectivity index (χ0n) is 10.8. The van der Waals surface area contributed by atoms with Gasteiger partial charge in [-0.2, -0.15) is 0 Å². The highest BCUT2D eigenvalue weighted by Crippen LogP contribution is 2.10. The Bertz CT molecular complexity index is 207. The minimum atomic E-state index is 0.719. The van der Waals surface area contributed by atoms with Gasteiger partial charge in [0.15, 0.2) is 0 Å². The van der Waals surface area contributed by atoms with Gasteiger partial charge in [-0.3, -0.25) is 0 Å². The summed E-state index contributed by atoms with van der Waals surface area (Å²) in [4.78, 5) is 2.07. The lowest BCUT2D eigenvalue weighted by molar-refractivity contribution is 0.175. The fourth-order valence-corrected chi connectivity index (χ4v) is 0.937. The quantitative estimate of drug-likeness (QED) is 0.625. The predicted octanol–water partition coefficient (Wildman–Crippen LogP) is 3.24. The van der Waals surface area contributed by atoms with Gasteiger partial charge in [-0.1, -0.05) is 39.2 Å². The Balaban J connectivity index is 0. The SMILES string of the molecule is C=C/C=C(/C)C(=C)N(C)CCOC.CC. The second-order valence-corrected chi connectivity index (χ2v) is 2.95. The highest BCUT2D eigenvalue weighted by molar-refractivity contribution is 5.27. The van der Waals surface area contributed by atoms with E-state index in [1.807, 2.05) is 33.9 Å². The van der Waals surface area contributed by atoms with Gasteiger partial charge in [0.1, 0.15) is 0 Å². The molecule has 0 fully saturated rings. The molecule has 0 N–H and O–H groups in total. The van der Waals surface area contributed by atoms with E-state index in [1.54, 1.807) is 13.2 Å². The Kier molecular flexibility index (Phi) is 12.1. The van der Waals surface area contributed by atoms with Gasteiger partial charge in [-0.05, 0) is 12.5 Å². The Hall–Kier alpha value is -1.02. The molecule has 0 bridgehead atoms. The number of allylic oxidation sites excluding steroid dienone is 3. The number of ether oxygens (including phenoxy) is 1. The number of hydrogen-bond donors (Lipinski definition) is 0. The lowest BCUT2D eigenvalue weighted by Crippen LogP contribution is -2.22. The van der Waals surface area contributed by atoms with Gasteiger partial charge in [0, 0.05) is 26.4 Å². The second-order valence-electron chi connectivity index (χ2n) is 2.95. The normalized spacial score (nSPS) is 10.1. The monoisotopic (exact) mass is 211 g/mol. The molecule has 0 unspecified atom stereocenters. The van der Waals surface area contributed by atoms with Gasteiger partial charge in [0.05, 0.1) is 6.61 Å². The maximum atomic E-state index is 4.98. The standard InChI is InChI=1S/C11H19NO.C2H6/c1-6-7-10(2)11(3)12(4)8-9-13-5;1-2/h6-7H,1,3,8-9H2,2,4-5H3;1-2H3/b10-7-;. The van der Waals surface area contributed by atoms with E-state index in [2.05, 4.69) is 18.1 Å². The van der Waals surface area contributed by atoms with Gasteiger partial charge in [-0.15, -0.1) is 0 Å². The summed E-state index contributed by atoms with van der Waals surface area (Å²) in [6.07, 6.45) is 3.72. The van der Waals surface area contributed by atoms with Crippen molar-refractivity contribution in [3.8, 4) is 0 Å². The minimum Gasteiger partial charge on any atom is -0.383 e. The molecule has 0 rings (SSSR count). The summed E-state index contributed by atoms with van der Waals surface area (Å²) in [5, 5.41) is 0. The molecule has 0 saturated carbocycles. The van der Waals surface area contributed by atoms with Crippen molar-refractivity contribution >= 4 is 0 Å². The van der Waals surface area contributed by atoms with E-state index in [0.717, 1.165) is 24.4 Å². The van der Waals surface area contributed by atoms with Gasteiger partial charge in [0.25, 0.3) is 0 Å². The van der Waals surface area contributed by atoms with Gasteiger partial charge >= 0.3 is 0 Å². The van der Waals surface area contributed by atoms with Crippen molar-refractivity contribution in [1.29, 1.82) is 0 Å². The third kappa shape index (κ3) is 8.01. The minimum absolute atomic E-state index is 0.719. The molecule has 88 valence electrons. The fourth-order valence-electron chi connectivity index (χ4n) is 0.937. The van der Waals surface area contributed by atoms with Crippen molar-refractivity contribution in [3.63, 3.8) is 0 Å². The molecule has 15 heavy (non-hydrogen) atoms. The van der Waals surface area contributed by atoms with Gasteiger partial charge in [0.2, 0.25) is 0 Å². The molecule has 0 aliphatic carbocycles. The molecule has 0 saturated heterocycles. The first-order valence-electron chi connectivity index (χ1n) is 5.32. The summed E-state index contributed by atoms with van der Waals surface area (Å²) in [5.74, 6) is 0. The highest BCUT2D eigenvalue weighted by atomic mass is 16.5. The van der Waals surface area contributed by atoms with Crippen LogP contribution in [0, 0.1) is 0 Å². The Morgan fingerprint density at radius 3 is 2.33 bits per heavy atom. The zero-order valence-corrected chi connectivity index (χ0v) is 10.8. The largest absolute Gasteiger partial charge is 0.383 e. The molecular weight excluding hydrogens is 186 g/mol. The fraction of sp³-hybridized carbons (Fsp3) is 0.538. The first kappa shape index (κ1) is 16.4. The first-order chi connectivity index (χ1) is 7.13. The third-order valence-electron chi connectivity index (χ3n) is 1.91. The molecule has 0 radical (unpaired) electrons. The number of hydrogen-bond acceptors (Lipinski definition) is 2. The average Bonchev–Trinajstić information content (AvgIpc) is 2.27. The Labute approximate surface area is 94.9 Å². The van der Waals surface area contributed by atoms with Crippen LogP contribution in [0.3, 0.4) is 0 Å². The van der Waals surface area contributed by atoms with Crippen molar-refractivity contribution in [2.75, 3.05) is 27.3 Å². The molecule has 0 spiro atoms. The molecular formula is C13H25NO. The van der Waals surface area contributed by atoms with Crippen molar-refractivity contribution in [1.82, 2.24) is 4.90 Å². The number of rotatable bonds is 6. The van der Waals surface area contributed by atoms with Crippen LogP contribution >= 0.6 is 0 Å². The van der Waals surface area contributed by atoms with E-state index >= 15 is 0 Å². The summed E-state index contributed by atoms with van der Waals surface area (Å²) in [6.45, 7) is 15.2. The van der Waals surface area contributed by atoms with Crippen LogP contribution in [0.2, 0.25) is 0 Å². The summed E-state index contributed by atoms with van der Waals surface area (Å²) in [7, 11) is 3.70. The Morgan fingerprint density at radius 2 is 1.93 bits per heavy atom. The van der Waals surface area contributed by atoms with Crippen molar-refractivity contribution in [3.05, 3.63) is 36.6 Å². The number of nitrogens with zero attached hydrogens (tertiary/aromatic N) is 1. The molecule has 0 aromatic carbocycles. The van der Waals surface area contributed by atoms with Crippen molar-refractivity contribution in [2.45, 2.75) is 20.8 Å². The summed E-state index contributed by atoms with van der Waals surface area (Å²) in [5.41, 5.74) is 2.14. The van der Waals surface area contributed by atoms with E-state index < -0.39 is 0 Å². The molecule has 0 aromatic rings. The van der Waals surface area contributed by atoms with E-state index in [-0.39, 0.29) is 0 Å². The van der Waals surface area contributed by atoms with Gasteiger partial charge in [-0.25, -0.2) is 0 Å². The number of methoxy groups -OCH3 is 1. The molecule has 2 heteroatoms. The van der Waals surface area contributed by atoms with Crippen LogP contribution in [0.15, 0.2) is 36.6 Å². The van der Waals surface area contributed by atoms with Gasteiger partial charge < -0.3 is 9.64 Å². The smallest absolute Gasteiger partial charge is 0.0637 e. The van der Waals surface area contributed by atoms with E-state index in [9.17, 15) is 0 Å². The maximum Gasteiger partial charge on any atom is 0.0637 e. The summed E-state index contributed by atoms with van der Waals surface area (Å²) < 4.78 is 4.98. The van der Waals surface area contributed by atoms with E-state index in [0.29, 0.717) is 0 Å². The summed E-state index contributed by atoms with van der Waals surface area (Å²) >= 11 is 0. The molecule has 0 aliphatic rings. The van der Waals surface area contributed by atoms with Crippen LogP contribution in [0.25, 0.3) is 0 Å². The molecule has 0 atom stereocenters. The highest BCUT2D eigenvalue weighted by Gasteiger charge is 2.02. The molecule has 0 aliphatic heterocycles. The van der Waals surface area contributed by atoms with Crippen LogP contribution in [-0.2, 0) is 4.74 Å². The summed E-state index contributed by atoms with van der Waals surface area (Å²) in [6, 6.07) is 0. The van der Waals surface area contributed by atoms with E-state index in [4.69, 9.17) is 4.74 Å². The topological polar surface area (TPSA) is 12.5 Å². The zero-order chi connectivity index (χ0) is 12.3. The lowest BCUT2D eigenvalue weighted by atomic mass is 10.2. The van der Waals surface area contributed by atoms with Crippen molar-refractivity contribution < 1.29 is 4.74 Å². The maximum absolute atomic E-state index is 4.98. The number of likely N-dealkylation sites (N-methyl/N-ethyl adjacent to an activating group) is 1. The predicted molar refractivity (Wildman–Crippen MR) is 68.9 cm³/mol. The molecule has 0 heterocycles. The van der Waals surface area contributed by atoms with Crippen LogP contribution in [0.4, 0.5) is 0 Å². The lowest BCUT2D eigenvalue weighted by Gasteiger charge is -2.21. The average molecular weight is 211 g/mol. The molecule has 0 amide bonds. The van der Waals surface area contributed by atoms with Crippen molar-refractivity contribution in [2.24, 2.45) is 0 Å². The second kappa shape index (κ2) is 11.1. The van der Waals surface area contributed by atoms with Crippen LogP contribution in [0.1, 0.15) is 20.8 Å². The Morgan fingerprint density at radius 1 is 1.40 bits per heavy atom. The van der Waals surface area contributed by atoms with Crippen LogP contribution < -0.4 is 0 Å². The van der Waals surface area contributed by atoms with Crippen LogP contribution in [-0.4, -0.2) is 32.2 Å². The van der Waals surface area contributed by atoms with E-state index in [1.165, 1.54) is 0 Å². The molecule has 0 aromatic heterocycles. The van der Waals surface area contributed by atoms with Crippen LogP contribution in [0.5, 0.6) is 0 Å². The third-order valence-corrected chi connectivity index (χ3v) is 1.91. The first-order valence-corrected chi connectivity index (χ1v) is 5.32. The molecule has 2 nitrogen and oxygen atoms in total.